The molecule has 0 saturated heterocycles. The molecular weight excluding hydrogens is 336 g/mol. The van der Waals surface area contributed by atoms with Crippen LogP contribution in [0.2, 0.25) is 0 Å². The zero-order valence-electron chi connectivity index (χ0n) is 11.6. The Morgan fingerprint density at radius 3 is 3.00 bits per heavy atom. The quantitative estimate of drug-likeness (QED) is 0.764. The van der Waals surface area contributed by atoms with Gasteiger partial charge in [0.25, 0.3) is 5.56 Å². The molecular formula is C13H17BrN6O. The molecule has 0 aromatic carbocycles. The molecule has 0 radical (unpaired) electrons. The highest BCUT2D eigenvalue weighted by atomic mass is 79.9. The standard InChI is InChI=1S/C13H17BrN6O/c14-12-11(15-4-1-6-19-7-5-16-18-19)8-17-20(13(12)21)9-10-2-3-10/h5,7-8,10,15H,1-4,6,9H2. The highest BCUT2D eigenvalue weighted by Crippen LogP contribution is 2.30. The van der Waals surface area contributed by atoms with E-state index < -0.39 is 0 Å². The lowest BCUT2D eigenvalue weighted by Gasteiger charge is -2.10. The van der Waals surface area contributed by atoms with Crippen molar-refractivity contribution in [1.82, 2.24) is 24.8 Å². The molecule has 1 aliphatic carbocycles. The van der Waals surface area contributed by atoms with Crippen molar-refractivity contribution in [2.75, 3.05) is 11.9 Å². The SMILES string of the molecule is O=c1c(Br)c(NCCCn2ccnn2)cnn1CC1CC1. The number of aryl methyl sites for hydroxylation is 1. The molecule has 7 nitrogen and oxygen atoms in total. The molecule has 0 amide bonds. The minimum Gasteiger partial charge on any atom is -0.383 e. The Balaban J connectivity index is 1.55. The van der Waals surface area contributed by atoms with Crippen LogP contribution in [-0.2, 0) is 13.1 Å². The van der Waals surface area contributed by atoms with Crippen LogP contribution in [0.25, 0.3) is 0 Å². The van der Waals surface area contributed by atoms with E-state index in [0.29, 0.717) is 10.4 Å². The van der Waals surface area contributed by atoms with Crippen molar-refractivity contribution >= 4 is 21.6 Å². The molecule has 1 N–H and O–H groups in total. The van der Waals surface area contributed by atoms with E-state index in [4.69, 9.17) is 0 Å². The Morgan fingerprint density at radius 1 is 1.43 bits per heavy atom. The van der Waals surface area contributed by atoms with Gasteiger partial charge in [-0.15, -0.1) is 5.10 Å². The minimum atomic E-state index is -0.0665. The summed E-state index contributed by atoms with van der Waals surface area (Å²) in [4.78, 5) is 12.2. The van der Waals surface area contributed by atoms with Gasteiger partial charge in [-0.2, -0.15) is 5.10 Å². The summed E-state index contributed by atoms with van der Waals surface area (Å²) in [6.07, 6.45) is 8.50. The summed E-state index contributed by atoms with van der Waals surface area (Å²) >= 11 is 3.37. The van der Waals surface area contributed by atoms with Crippen LogP contribution in [0.3, 0.4) is 0 Å². The third-order valence-electron chi connectivity index (χ3n) is 3.46. The Bertz CT molecular complexity index is 649. The van der Waals surface area contributed by atoms with Crippen molar-refractivity contribution < 1.29 is 0 Å². The number of hydrogen-bond donors (Lipinski definition) is 1. The first-order valence-electron chi connectivity index (χ1n) is 7.07. The van der Waals surface area contributed by atoms with Gasteiger partial charge in [0.1, 0.15) is 4.47 Å². The van der Waals surface area contributed by atoms with Crippen LogP contribution in [0.4, 0.5) is 5.69 Å². The lowest BCUT2D eigenvalue weighted by Crippen LogP contribution is -2.25. The summed E-state index contributed by atoms with van der Waals surface area (Å²) in [5.74, 6) is 0.628. The van der Waals surface area contributed by atoms with E-state index in [0.717, 1.165) is 31.7 Å². The van der Waals surface area contributed by atoms with E-state index in [2.05, 4.69) is 36.7 Å². The van der Waals surface area contributed by atoms with Crippen molar-refractivity contribution in [2.24, 2.45) is 5.92 Å². The van der Waals surface area contributed by atoms with Gasteiger partial charge in [-0.3, -0.25) is 9.48 Å². The maximum absolute atomic E-state index is 12.2. The van der Waals surface area contributed by atoms with Gasteiger partial charge in [0.15, 0.2) is 0 Å². The Kier molecular flexibility index (Phi) is 4.33. The molecule has 8 heteroatoms. The fourth-order valence-electron chi connectivity index (χ4n) is 2.08. The summed E-state index contributed by atoms with van der Waals surface area (Å²) < 4.78 is 3.88. The average Bonchev–Trinajstić information content (AvgIpc) is 3.15. The second-order valence-corrected chi connectivity index (χ2v) is 6.04. The van der Waals surface area contributed by atoms with Gasteiger partial charge < -0.3 is 5.32 Å². The molecule has 1 aliphatic rings. The van der Waals surface area contributed by atoms with Crippen LogP contribution < -0.4 is 10.9 Å². The summed E-state index contributed by atoms with van der Waals surface area (Å²) in [7, 11) is 0. The molecule has 2 aromatic rings. The molecule has 0 aliphatic heterocycles. The number of anilines is 1. The summed E-state index contributed by atoms with van der Waals surface area (Å²) in [5, 5.41) is 15.1. The summed E-state index contributed by atoms with van der Waals surface area (Å²) in [5.41, 5.74) is 0.675. The predicted octanol–water partition coefficient (Wildman–Crippen LogP) is 1.51. The first-order chi connectivity index (χ1) is 10.2. The zero-order chi connectivity index (χ0) is 14.7. The van der Waals surface area contributed by atoms with E-state index in [9.17, 15) is 4.79 Å². The number of halogens is 1. The van der Waals surface area contributed by atoms with Crippen molar-refractivity contribution in [2.45, 2.75) is 32.4 Å². The van der Waals surface area contributed by atoms with Gasteiger partial charge in [0, 0.05) is 25.8 Å². The summed E-state index contributed by atoms with van der Waals surface area (Å²) in [6, 6.07) is 0. The minimum absolute atomic E-state index is 0.0665. The maximum Gasteiger partial charge on any atom is 0.283 e. The normalized spacial score (nSPS) is 14.3. The fourth-order valence-corrected chi connectivity index (χ4v) is 2.53. The third kappa shape index (κ3) is 3.69. The van der Waals surface area contributed by atoms with E-state index in [1.807, 2.05) is 6.20 Å². The number of hydrogen-bond acceptors (Lipinski definition) is 5. The van der Waals surface area contributed by atoms with E-state index in [-0.39, 0.29) is 5.56 Å². The van der Waals surface area contributed by atoms with Crippen molar-refractivity contribution in [3.05, 3.63) is 33.4 Å². The van der Waals surface area contributed by atoms with E-state index >= 15 is 0 Å². The van der Waals surface area contributed by atoms with Crippen LogP contribution in [0, 0.1) is 5.92 Å². The number of rotatable bonds is 7. The molecule has 0 bridgehead atoms. The predicted molar refractivity (Wildman–Crippen MR) is 82.0 cm³/mol. The fraction of sp³-hybridized carbons (Fsp3) is 0.538. The molecule has 0 unspecified atom stereocenters. The second-order valence-electron chi connectivity index (χ2n) is 5.25. The lowest BCUT2D eigenvalue weighted by atomic mass is 10.3. The van der Waals surface area contributed by atoms with Crippen molar-refractivity contribution in [3.63, 3.8) is 0 Å². The largest absolute Gasteiger partial charge is 0.383 e. The molecule has 112 valence electrons. The molecule has 3 rings (SSSR count). The van der Waals surface area contributed by atoms with Crippen LogP contribution in [0.15, 0.2) is 27.9 Å². The Hall–Kier alpha value is -1.70. The van der Waals surface area contributed by atoms with Gasteiger partial charge in [-0.1, -0.05) is 5.21 Å². The second kappa shape index (κ2) is 6.38. The topological polar surface area (TPSA) is 77.6 Å². The first-order valence-corrected chi connectivity index (χ1v) is 7.87. The van der Waals surface area contributed by atoms with Gasteiger partial charge in [-0.25, -0.2) is 4.68 Å². The highest BCUT2D eigenvalue weighted by molar-refractivity contribution is 9.10. The Morgan fingerprint density at radius 2 is 2.29 bits per heavy atom. The van der Waals surface area contributed by atoms with Crippen molar-refractivity contribution in [3.8, 4) is 0 Å². The van der Waals surface area contributed by atoms with Gasteiger partial charge in [0.2, 0.25) is 0 Å². The van der Waals surface area contributed by atoms with Crippen molar-refractivity contribution in [1.29, 1.82) is 0 Å². The van der Waals surface area contributed by atoms with E-state index in [1.54, 1.807) is 21.8 Å². The van der Waals surface area contributed by atoms with Crippen LogP contribution in [-0.4, -0.2) is 31.3 Å². The van der Waals surface area contributed by atoms with Gasteiger partial charge >= 0.3 is 0 Å². The van der Waals surface area contributed by atoms with Crippen LogP contribution >= 0.6 is 15.9 Å². The van der Waals surface area contributed by atoms with Crippen LogP contribution in [0.1, 0.15) is 19.3 Å². The van der Waals surface area contributed by atoms with Gasteiger partial charge in [0.05, 0.1) is 18.1 Å². The summed E-state index contributed by atoms with van der Waals surface area (Å²) in [6.45, 7) is 2.26. The molecule has 1 fully saturated rings. The molecule has 21 heavy (non-hydrogen) atoms. The lowest BCUT2D eigenvalue weighted by molar-refractivity contribution is 0.531. The Labute approximate surface area is 130 Å². The highest BCUT2D eigenvalue weighted by Gasteiger charge is 2.23. The molecule has 2 heterocycles. The first kappa shape index (κ1) is 14.2. The number of aromatic nitrogens is 5. The van der Waals surface area contributed by atoms with Crippen LogP contribution in [0.5, 0.6) is 0 Å². The average molecular weight is 353 g/mol. The van der Waals surface area contributed by atoms with E-state index in [1.165, 1.54) is 12.8 Å². The zero-order valence-corrected chi connectivity index (χ0v) is 13.2. The monoisotopic (exact) mass is 352 g/mol. The third-order valence-corrected chi connectivity index (χ3v) is 4.23. The molecule has 0 atom stereocenters. The number of nitrogens with one attached hydrogen (secondary N) is 1. The van der Waals surface area contributed by atoms with Gasteiger partial charge in [-0.05, 0) is 41.1 Å². The molecule has 2 aromatic heterocycles. The molecule has 1 saturated carbocycles. The molecule has 0 spiro atoms. The number of nitrogens with zero attached hydrogens (tertiary/aromatic N) is 5. The smallest absolute Gasteiger partial charge is 0.283 e. The maximum atomic E-state index is 12.2.